The second kappa shape index (κ2) is 4.31. The number of benzene rings is 1. The topological polar surface area (TPSA) is 55.5 Å². The normalized spacial score (nSPS) is 32.9. The van der Waals surface area contributed by atoms with Crippen molar-refractivity contribution in [2.45, 2.75) is 43.9 Å². The van der Waals surface area contributed by atoms with Gasteiger partial charge in [0.05, 0.1) is 12.2 Å². The lowest BCUT2D eigenvalue weighted by atomic mass is 9.82. The minimum Gasteiger partial charge on any atom is -0.508 e. The first-order chi connectivity index (χ1) is 8.22. The lowest BCUT2D eigenvalue weighted by Crippen LogP contribution is -2.37. The molecule has 2 saturated heterocycles. The Kier molecular flexibility index (Phi) is 2.81. The van der Waals surface area contributed by atoms with Crippen LogP contribution in [0.25, 0.3) is 0 Å². The molecule has 3 heteroatoms. The first-order valence-corrected chi connectivity index (χ1v) is 6.41. The van der Waals surface area contributed by atoms with Crippen molar-refractivity contribution < 1.29 is 9.84 Å². The van der Waals surface area contributed by atoms with E-state index in [-0.39, 0.29) is 6.04 Å². The molecule has 3 nitrogen and oxygen atoms in total. The summed E-state index contributed by atoms with van der Waals surface area (Å²) in [6.07, 6.45) is 5.16. The lowest BCUT2D eigenvalue weighted by Gasteiger charge is -2.25. The van der Waals surface area contributed by atoms with Crippen LogP contribution in [0, 0.1) is 5.92 Å². The zero-order chi connectivity index (χ0) is 11.8. The Hall–Kier alpha value is -1.06. The van der Waals surface area contributed by atoms with E-state index in [1.807, 2.05) is 12.1 Å². The molecule has 1 aromatic carbocycles. The molecule has 92 valence electrons. The molecule has 2 aliphatic heterocycles. The molecule has 0 spiro atoms. The van der Waals surface area contributed by atoms with Crippen molar-refractivity contribution in [2.24, 2.45) is 11.7 Å². The number of rotatable bonds is 3. The standard InChI is InChI=1S/C14H19NO2/c15-13(7-9-2-1-3-10(16)6-9)12-8-11-4-5-14(12)17-11/h1-3,6,11-14,16H,4-5,7-8,15H2. The summed E-state index contributed by atoms with van der Waals surface area (Å²) >= 11 is 0. The molecular weight excluding hydrogens is 214 g/mol. The molecular formula is C14H19NO2. The highest BCUT2D eigenvalue weighted by molar-refractivity contribution is 5.27. The van der Waals surface area contributed by atoms with Crippen LogP contribution in [0.5, 0.6) is 5.75 Å². The molecule has 17 heavy (non-hydrogen) atoms. The smallest absolute Gasteiger partial charge is 0.115 e. The van der Waals surface area contributed by atoms with Crippen LogP contribution in [0.4, 0.5) is 0 Å². The molecule has 0 aromatic heterocycles. The second-order valence-corrected chi connectivity index (χ2v) is 5.31. The lowest BCUT2D eigenvalue weighted by molar-refractivity contribution is 0.0885. The molecule has 3 N–H and O–H groups in total. The van der Waals surface area contributed by atoms with Gasteiger partial charge in [-0.05, 0) is 43.4 Å². The van der Waals surface area contributed by atoms with Gasteiger partial charge in [0.2, 0.25) is 0 Å². The summed E-state index contributed by atoms with van der Waals surface area (Å²) in [5, 5.41) is 9.43. The van der Waals surface area contributed by atoms with Crippen LogP contribution in [-0.2, 0) is 11.2 Å². The van der Waals surface area contributed by atoms with Gasteiger partial charge in [0, 0.05) is 12.0 Å². The van der Waals surface area contributed by atoms with Crippen LogP contribution < -0.4 is 5.73 Å². The summed E-state index contributed by atoms with van der Waals surface area (Å²) in [7, 11) is 0. The Morgan fingerprint density at radius 1 is 1.41 bits per heavy atom. The van der Waals surface area contributed by atoms with Gasteiger partial charge in [-0.3, -0.25) is 0 Å². The fraction of sp³-hybridized carbons (Fsp3) is 0.571. The first-order valence-electron chi connectivity index (χ1n) is 6.41. The number of phenols is 1. The van der Waals surface area contributed by atoms with Crippen molar-refractivity contribution in [3.05, 3.63) is 29.8 Å². The highest BCUT2D eigenvalue weighted by Crippen LogP contribution is 2.40. The third-order valence-corrected chi connectivity index (χ3v) is 4.08. The van der Waals surface area contributed by atoms with Crippen LogP contribution >= 0.6 is 0 Å². The first kappa shape index (κ1) is 11.1. The highest BCUT2D eigenvalue weighted by Gasteiger charge is 2.43. The van der Waals surface area contributed by atoms with Crippen LogP contribution in [0.15, 0.2) is 24.3 Å². The van der Waals surface area contributed by atoms with E-state index < -0.39 is 0 Å². The summed E-state index contributed by atoms with van der Waals surface area (Å²) < 4.78 is 5.84. The van der Waals surface area contributed by atoms with Gasteiger partial charge in [-0.2, -0.15) is 0 Å². The Labute approximate surface area is 102 Å². The van der Waals surface area contributed by atoms with Gasteiger partial charge in [-0.1, -0.05) is 12.1 Å². The average Bonchev–Trinajstić information content (AvgIpc) is 2.90. The second-order valence-electron chi connectivity index (χ2n) is 5.31. The summed E-state index contributed by atoms with van der Waals surface area (Å²) in [5.41, 5.74) is 7.40. The molecule has 1 aromatic rings. The van der Waals surface area contributed by atoms with E-state index in [4.69, 9.17) is 10.5 Å². The van der Waals surface area contributed by atoms with Crippen LogP contribution in [0.3, 0.4) is 0 Å². The van der Waals surface area contributed by atoms with Crippen LogP contribution in [0.1, 0.15) is 24.8 Å². The van der Waals surface area contributed by atoms with E-state index in [1.165, 1.54) is 12.8 Å². The van der Waals surface area contributed by atoms with E-state index in [1.54, 1.807) is 12.1 Å². The number of ether oxygens (including phenoxy) is 1. The fourth-order valence-electron chi connectivity index (χ4n) is 3.23. The molecule has 2 bridgehead atoms. The Morgan fingerprint density at radius 2 is 2.29 bits per heavy atom. The monoisotopic (exact) mass is 233 g/mol. The quantitative estimate of drug-likeness (QED) is 0.837. The maximum absolute atomic E-state index is 9.43. The largest absolute Gasteiger partial charge is 0.508 e. The van der Waals surface area contributed by atoms with Gasteiger partial charge in [0.25, 0.3) is 0 Å². The Bertz CT molecular complexity index is 407. The van der Waals surface area contributed by atoms with Gasteiger partial charge >= 0.3 is 0 Å². The molecule has 2 heterocycles. The van der Waals surface area contributed by atoms with Crippen molar-refractivity contribution >= 4 is 0 Å². The number of hydrogen-bond donors (Lipinski definition) is 2. The zero-order valence-corrected chi connectivity index (χ0v) is 9.88. The molecule has 4 atom stereocenters. The predicted octanol–water partition coefficient (Wildman–Crippen LogP) is 1.83. The van der Waals surface area contributed by atoms with E-state index in [0.29, 0.717) is 23.9 Å². The summed E-state index contributed by atoms with van der Waals surface area (Å²) in [6, 6.07) is 7.53. The maximum Gasteiger partial charge on any atom is 0.115 e. The maximum atomic E-state index is 9.43. The molecule has 0 aliphatic carbocycles. The van der Waals surface area contributed by atoms with Gasteiger partial charge in [-0.15, -0.1) is 0 Å². The van der Waals surface area contributed by atoms with Crippen molar-refractivity contribution in [3.63, 3.8) is 0 Å². The number of phenolic OH excluding ortho intramolecular Hbond substituents is 1. The SMILES string of the molecule is NC(Cc1cccc(O)c1)C1CC2CCC1O2. The highest BCUT2D eigenvalue weighted by atomic mass is 16.5. The molecule has 0 radical (unpaired) electrons. The van der Waals surface area contributed by atoms with E-state index >= 15 is 0 Å². The number of fused-ring (bicyclic) bond motifs is 2. The third-order valence-electron chi connectivity index (χ3n) is 4.08. The Balaban J connectivity index is 1.65. The van der Waals surface area contributed by atoms with Crippen LogP contribution in [-0.4, -0.2) is 23.4 Å². The van der Waals surface area contributed by atoms with Gasteiger partial charge < -0.3 is 15.6 Å². The van der Waals surface area contributed by atoms with Gasteiger partial charge in [0.1, 0.15) is 5.75 Å². The molecule has 4 unspecified atom stereocenters. The van der Waals surface area contributed by atoms with Crippen LogP contribution in [0.2, 0.25) is 0 Å². The molecule has 2 fully saturated rings. The van der Waals surface area contributed by atoms with E-state index in [0.717, 1.165) is 18.4 Å². The molecule has 3 rings (SSSR count). The molecule has 0 saturated carbocycles. The zero-order valence-electron chi connectivity index (χ0n) is 9.88. The minimum atomic E-state index is 0.145. The van der Waals surface area contributed by atoms with Gasteiger partial charge in [0.15, 0.2) is 0 Å². The Morgan fingerprint density at radius 3 is 2.94 bits per heavy atom. The number of aromatic hydroxyl groups is 1. The third kappa shape index (κ3) is 2.17. The summed E-state index contributed by atoms with van der Waals surface area (Å²) in [5.74, 6) is 0.815. The number of hydrogen-bond acceptors (Lipinski definition) is 3. The van der Waals surface area contributed by atoms with Crippen molar-refractivity contribution in [1.29, 1.82) is 0 Å². The van der Waals surface area contributed by atoms with Gasteiger partial charge in [-0.25, -0.2) is 0 Å². The molecule has 2 aliphatic rings. The summed E-state index contributed by atoms with van der Waals surface area (Å²) in [6.45, 7) is 0. The summed E-state index contributed by atoms with van der Waals surface area (Å²) in [4.78, 5) is 0. The van der Waals surface area contributed by atoms with Crippen molar-refractivity contribution in [3.8, 4) is 5.75 Å². The average molecular weight is 233 g/mol. The van der Waals surface area contributed by atoms with Crippen molar-refractivity contribution in [2.75, 3.05) is 0 Å². The number of nitrogens with two attached hydrogens (primary N) is 1. The fourth-order valence-corrected chi connectivity index (χ4v) is 3.23. The molecule has 0 amide bonds. The predicted molar refractivity (Wildman–Crippen MR) is 65.8 cm³/mol. The van der Waals surface area contributed by atoms with Crippen molar-refractivity contribution in [1.82, 2.24) is 0 Å². The van der Waals surface area contributed by atoms with E-state index in [2.05, 4.69) is 0 Å². The van der Waals surface area contributed by atoms with E-state index in [9.17, 15) is 5.11 Å². The minimum absolute atomic E-state index is 0.145.